The minimum Gasteiger partial charge on any atom is -0.489 e. The molecule has 0 radical (unpaired) electrons. The van der Waals surface area contributed by atoms with Crippen molar-refractivity contribution in [3.05, 3.63) is 174 Å². The number of hydrogen-bond donors (Lipinski definition) is 0. The van der Waals surface area contributed by atoms with E-state index in [1.807, 2.05) is 45.3 Å². The molecule has 9 nitrogen and oxygen atoms in total. The van der Waals surface area contributed by atoms with Crippen LogP contribution in [0.4, 0.5) is 0 Å². The van der Waals surface area contributed by atoms with Crippen molar-refractivity contribution in [1.29, 1.82) is 0 Å². The number of thiophene rings is 6. The second-order valence-electron chi connectivity index (χ2n) is 37.8. The van der Waals surface area contributed by atoms with Crippen LogP contribution in [0.1, 0.15) is 295 Å². The van der Waals surface area contributed by atoms with Crippen molar-refractivity contribution in [3.63, 3.8) is 0 Å². The molecule has 15 rings (SSSR count). The first-order valence-electron chi connectivity index (χ1n) is 43.8. The molecule has 2 amide bonds. The first kappa shape index (κ1) is 86.9. The van der Waals surface area contributed by atoms with E-state index >= 15 is 9.59 Å². The molecule has 6 aromatic carbocycles. The Bertz CT molecular complexity index is 5970. The molecular formula is C102H121N5O4S8. The second-order valence-corrected chi connectivity index (χ2v) is 45.2. The summed E-state index contributed by atoms with van der Waals surface area (Å²) in [6, 6.07) is 40.5. The Morgan fingerprint density at radius 1 is 0.361 bits per heavy atom. The van der Waals surface area contributed by atoms with E-state index in [0.29, 0.717) is 64.9 Å². The van der Waals surface area contributed by atoms with Gasteiger partial charge in [-0.15, -0.1) is 68.0 Å². The van der Waals surface area contributed by atoms with Crippen molar-refractivity contribution in [2.75, 3.05) is 19.8 Å². The Morgan fingerprint density at radius 3 is 1.29 bits per heavy atom. The SMILES string of the molecule is CCCCCCCCOc1c(OCCCCCCCC)c(C(C)(C)C(C)(C)c2ccccc2)c2nsnc2c1-c1cc2c(C)c3sc(C(C)(C)C(C)(C)c4ccc(-c5c6c(c(-c7ccc(-c8cc9c(C)c%10sc(C(C)(C)C(C)(C)c%11ccccc%11)cc%10c(C)c9s8)s7)c7nsnc57)C(=O)N(CCC(C)CCCC(C)C)C6=O)s4)cc3c(C)c2s1. The number of nitrogens with zero attached hydrogens (tertiary/aromatic N) is 5. The molecule has 17 heteroatoms. The van der Waals surface area contributed by atoms with Crippen molar-refractivity contribution in [1.82, 2.24) is 22.4 Å². The molecule has 0 bridgehead atoms. The molecule has 0 N–H and O–H groups in total. The van der Waals surface area contributed by atoms with Gasteiger partial charge in [0.15, 0.2) is 11.5 Å². The molecule has 626 valence electrons. The lowest BCUT2D eigenvalue weighted by atomic mass is 9.60. The zero-order valence-corrected chi connectivity index (χ0v) is 80.6. The van der Waals surface area contributed by atoms with Crippen LogP contribution >= 0.6 is 91.5 Å². The summed E-state index contributed by atoms with van der Waals surface area (Å²) in [7, 11) is 0. The van der Waals surface area contributed by atoms with E-state index in [1.165, 1.54) is 156 Å². The Hall–Kier alpha value is -7.06. The van der Waals surface area contributed by atoms with Crippen LogP contribution in [0, 0.1) is 39.5 Å². The van der Waals surface area contributed by atoms with Crippen molar-refractivity contribution in [2.45, 2.75) is 281 Å². The van der Waals surface area contributed by atoms with E-state index in [1.54, 1.807) is 27.6 Å². The molecule has 9 heterocycles. The highest BCUT2D eigenvalue weighted by molar-refractivity contribution is 7.27. The summed E-state index contributed by atoms with van der Waals surface area (Å²) in [5, 5.41) is 5.13. The van der Waals surface area contributed by atoms with Gasteiger partial charge in [-0.25, -0.2) is 0 Å². The normalized spacial score (nSPS) is 13.8. The van der Waals surface area contributed by atoms with Gasteiger partial charge in [0, 0.05) is 103 Å². The smallest absolute Gasteiger partial charge is 0.262 e. The first-order valence-corrected chi connectivity index (χ1v) is 50.2. The molecule has 1 unspecified atom stereocenters. The van der Waals surface area contributed by atoms with Gasteiger partial charge in [0.25, 0.3) is 11.8 Å². The molecule has 0 spiro atoms. The lowest BCUT2D eigenvalue weighted by Gasteiger charge is -2.43. The predicted octanol–water partition coefficient (Wildman–Crippen LogP) is 32.3. The van der Waals surface area contributed by atoms with Gasteiger partial charge in [-0.1, -0.05) is 262 Å². The summed E-state index contributed by atoms with van der Waals surface area (Å²) in [6.07, 6.45) is 18.0. The minimum absolute atomic E-state index is 0.103. The maximum absolute atomic E-state index is 15.8. The first-order chi connectivity index (χ1) is 56.8. The number of benzene rings is 6. The molecule has 0 fully saturated rings. The lowest BCUT2D eigenvalue weighted by molar-refractivity contribution is 0.0646. The number of rotatable bonds is 36. The maximum Gasteiger partial charge on any atom is 0.262 e. The van der Waals surface area contributed by atoms with E-state index in [0.717, 1.165) is 116 Å². The Balaban J connectivity index is 0.783. The molecule has 0 aliphatic carbocycles. The highest BCUT2D eigenvalue weighted by Gasteiger charge is 2.49. The fourth-order valence-electron chi connectivity index (χ4n) is 18.2. The van der Waals surface area contributed by atoms with Gasteiger partial charge < -0.3 is 9.47 Å². The molecular weight excluding hydrogens is 1620 g/mol. The zero-order chi connectivity index (χ0) is 84.6. The van der Waals surface area contributed by atoms with Crippen LogP contribution in [0.15, 0.2) is 109 Å². The van der Waals surface area contributed by atoms with Crippen LogP contribution in [0.2, 0.25) is 0 Å². The zero-order valence-electron chi connectivity index (χ0n) is 74.1. The molecule has 1 atom stereocenters. The number of fused-ring (bicyclic) bond motifs is 7. The summed E-state index contributed by atoms with van der Waals surface area (Å²) in [4.78, 5) is 42.2. The number of hydrogen-bond acceptors (Lipinski definition) is 16. The van der Waals surface area contributed by atoms with Crippen molar-refractivity contribution in [3.8, 4) is 52.6 Å². The number of carbonyl (C=O) groups excluding carboxylic acids is 2. The van der Waals surface area contributed by atoms with Gasteiger partial charge in [0.1, 0.15) is 22.1 Å². The topological polar surface area (TPSA) is 107 Å². The molecule has 14 aromatic rings. The summed E-state index contributed by atoms with van der Waals surface area (Å²) >= 11 is 13.4. The average Bonchev–Trinajstić information content (AvgIpc) is 1.63. The van der Waals surface area contributed by atoms with Gasteiger partial charge in [0.2, 0.25) is 0 Å². The molecule has 119 heavy (non-hydrogen) atoms. The van der Waals surface area contributed by atoms with E-state index in [-0.39, 0.29) is 33.5 Å². The third-order valence-electron chi connectivity index (χ3n) is 28.3. The van der Waals surface area contributed by atoms with Gasteiger partial charge in [-0.05, 0) is 173 Å². The van der Waals surface area contributed by atoms with Crippen molar-refractivity contribution in [2.24, 2.45) is 11.8 Å². The number of amides is 2. The summed E-state index contributed by atoms with van der Waals surface area (Å²) in [6.45, 7) is 50.8. The molecule has 1 aliphatic heterocycles. The number of carbonyl (C=O) groups is 2. The second kappa shape index (κ2) is 34.6. The van der Waals surface area contributed by atoms with Crippen LogP contribution in [0.3, 0.4) is 0 Å². The van der Waals surface area contributed by atoms with Gasteiger partial charge in [0.05, 0.1) is 53.4 Å². The van der Waals surface area contributed by atoms with Crippen LogP contribution in [-0.4, -0.2) is 54.0 Å². The van der Waals surface area contributed by atoms with Gasteiger partial charge in [-0.3, -0.25) is 14.5 Å². The van der Waals surface area contributed by atoms with Gasteiger partial charge in [-0.2, -0.15) is 17.5 Å². The van der Waals surface area contributed by atoms with Crippen LogP contribution in [-0.2, 0) is 32.5 Å². The monoisotopic (exact) mass is 1740 g/mol. The largest absolute Gasteiger partial charge is 0.489 e. The summed E-state index contributed by atoms with van der Waals surface area (Å²) in [5.74, 6) is 2.10. The van der Waals surface area contributed by atoms with E-state index < -0.39 is 10.8 Å². The third kappa shape index (κ3) is 15.6. The Kier molecular flexibility index (Phi) is 25.2. The van der Waals surface area contributed by atoms with Crippen LogP contribution in [0.5, 0.6) is 11.5 Å². The molecule has 8 aromatic heterocycles. The molecule has 0 saturated heterocycles. The van der Waals surface area contributed by atoms with Crippen LogP contribution in [0.25, 0.3) is 103 Å². The lowest BCUT2D eigenvalue weighted by Crippen LogP contribution is -2.41. The number of imide groups is 1. The Morgan fingerprint density at radius 2 is 0.773 bits per heavy atom. The quantitative estimate of drug-likeness (QED) is 0.0282. The maximum atomic E-state index is 15.8. The number of unbranched alkanes of at least 4 members (excludes halogenated alkanes) is 10. The average molecular weight is 1740 g/mol. The third-order valence-corrected chi connectivity index (χ3v) is 37.8. The molecule has 1 aliphatic rings. The van der Waals surface area contributed by atoms with Crippen LogP contribution < -0.4 is 9.47 Å². The minimum atomic E-state index is -0.476. The number of aromatic nitrogens is 4. The fourth-order valence-corrected chi connectivity index (χ4v) is 27.3. The predicted molar refractivity (Wildman–Crippen MR) is 519 cm³/mol. The summed E-state index contributed by atoms with van der Waals surface area (Å²) < 4.78 is 40.8. The fraction of sp³-hybridized carbons (Fsp3) is 0.471. The highest BCUT2D eigenvalue weighted by Crippen LogP contribution is 2.60. The van der Waals surface area contributed by atoms with E-state index in [9.17, 15) is 0 Å². The van der Waals surface area contributed by atoms with Crippen molar-refractivity contribution < 1.29 is 19.1 Å². The van der Waals surface area contributed by atoms with Gasteiger partial charge >= 0.3 is 0 Å². The molecule has 0 saturated carbocycles. The van der Waals surface area contributed by atoms with E-state index in [2.05, 4.69) is 255 Å². The van der Waals surface area contributed by atoms with Crippen molar-refractivity contribution >= 4 is 166 Å². The standard InChI is InChI=1S/C102H121N5O4S8/c1-22-24-26-28-30-38-53-110-89-81(87-88(106-119-105-87)84(90(89)111-54-39-31-29-27-25-23-2)102(20,21)98(12,13)66-45-36-33-37-46-66)75-56-68-62(7)94-70(64(9)92(68)115-75)58-78(117-94)101(18,19)99(14,15)76-50-49-73(113-76)80-83-82(95(108)107(96(83)109)52-51-60(5)42-40-41-59(3)4)79(85-86(80)104-118-103-85)72-48-47-71(112-72)74-55-67-61(6)93-69(63(8)91(67)114-74)57-77(116-93)100(16,17)97(10,11)65-43-34-32-35-44-65/h32-37,43-50,55-60H,22-31,38-42,51-54H2,1-21H3. The number of ether oxygens (including phenoxy) is 2. The number of aryl methyl sites for hydroxylation is 4. The highest BCUT2D eigenvalue weighted by atomic mass is 32.1. The summed E-state index contributed by atoms with van der Waals surface area (Å²) in [5.41, 5.74) is 13.4. The Labute approximate surface area is 739 Å². The van der Waals surface area contributed by atoms with E-state index in [4.69, 9.17) is 27.0 Å².